The van der Waals surface area contributed by atoms with Gasteiger partial charge in [-0.1, -0.05) is 19.1 Å². The molecule has 0 bridgehead atoms. The van der Waals surface area contributed by atoms with Crippen molar-refractivity contribution in [2.45, 2.75) is 25.6 Å². The second kappa shape index (κ2) is 6.58. The fraction of sp³-hybridized carbons (Fsp3) is 0.538. The zero-order chi connectivity index (χ0) is 15.4. The predicted octanol–water partition coefficient (Wildman–Crippen LogP) is 2.79. The van der Waals surface area contributed by atoms with Crippen molar-refractivity contribution in [3.63, 3.8) is 0 Å². The first kappa shape index (κ1) is 17.0. The third-order valence-electron chi connectivity index (χ3n) is 2.73. The minimum Gasteiger partial charge on any atom is -0.309 e. The second-order valence-corrected chi connectivity index (χ2v) is 6.91. The molecule has 0 aliphatic carbocycles. The van der Waals surface area contributed by atoms with E-state index in [0.717, 1.165) is 24.8 Å². The Morgan fingerprint density at radius 1 is 1.30 bits per heavy atom. The van der Waals surface area contributed by atoms with E-state index in [9.17, 15) is 21.6 Å². The maximum atomic E-state index is 12.7. The van der Waals surface area contributed by atoms with Crippen molar-refractivity contribution in [1.29, 1.82) is 0 Å². The first-order valence-corrected chi connectivity index (χ1v) is 8.28. The Bertz CT molecular complexity index is 541. The van der Waals surface area contributed by atoms with Gasteiger partial charge in [-0.15, -0.1) is 0 Å². The molecule has 114 valence electrons. The third-order valence-corrected chi connectivity index (χ3v) is 3.67. The highest BCUT2D eigenvalue weighted by molar-refractivity contribution is 7.90. The first-order valence-electron chi connectivity index (χ1n) is 6.21. The van der Waals surface area contributed by atoms with Crippen LogP contribution in [0.3, 0.4) is 0 Å². The molecule has 1 aromatic rings. The van der Waals surface area contributed by atoms with Gasteiger partial charge in [0.15, 0.2) is 0 Å². The zero-order valence-electron chi connectivity index (χ0n) is 11.4. The second-order valence-electron chi connectivity index (χ2n) is 4.72. The number of nitrogens with one attached hydrogen (secondary N) is 1. The van der Waals surface area contributed by atoms with E-state index in [-0.39, 0.29) is 5.75 Å². The van der Waals surface area contributed by atoms with Gasteiger partial charge in [-0.3, -0.25) is 0 Å². The van der Waals surface area contributed by atoms with Crippen molar-refractivity contribution >= 4 is 9.84 Å². The molecule has 0 aliphatic heterocycles. The topological polar surface area (TPSA) is 46.2 Å². The van der Waals surface area contributed by atoms with Crippen molar-refractivity contribution in [2.24, 2.45) is 0 Å². The summed E-state index contributed by atoms with van der Waals surface area (Å²) in [6, 6.07) is 4.14. The van der Waals surface area contributed by atoms with Gasteiger partial charge in [-0.05, 0) is 30.7 Å². The van der Waals surface area contributed by atoms with Crippen LogP contribution in [0.25, 0.3) is 0 Å². The minimum absolute atomic E-state index is 0.228. The number of sulfone groups is 1. The smallest absolute Gasteiger partial charge is 0.309 e. The standard InChI is InChI=1S/C13H18F3NO2S/c1-3-7-17-12(9-20(2,18)19)10-5-4-6-11(8-10)13(14,15)16/h4-6,8,12,17H,3,7,9H2,1-2H3. The lowest BCUT2D eigenvalue weighted by atomic mass is 10.0. The van der Waals surface area contributed by atoms with Crippen molar-refractivity contribution in [1.82, 2.24) is 5.32 Å². The van der Waals surface area contributed by atoms with Gasteiger partial charge < -0.3 is 5.32 Å². The van der Waals surface area contributed by atoms with E-state index in [2.05, 4.69) is 5.32 Å². The van der Waals surface area contributed by atoms with Crippen molar-refractivity contribution in [3.05, 3.63) is 35.4 Å². The van der Waals surface area contributed by atoms with Gasteiger partial charge in [0.2, 0.25) is 0 Å². The van der Waals surface area contributed by atoms with Gasteiger partial charge in [0.05, 0.1) is 11.3 Å². The highest BCUT2D eigenvalue weighted by Gasteiger charge is 2.31. The minimum atomic E-state index is -4.43. The van der Waals surface area contributed by atoms with Crippen LogP contribution >= 0.6 is 0 Å². The normalized spacial score (nSPS) is 14.2. The Balaban J connectivity index is 3.07. The molecule has 7 heteroatoms. The van der Waals surface area contributed by atoms with Crippen LogP contribution in [0.1, 0.15) is 30.5 Å². The quantitative estimate of drug-likeness (QED) is 0.879. The molecule has 0 fully saturated rings. The van der Waals surface area contributed by atoms with Crippen LogP contribution in [-0.2, 0) is 16.0 Å². The van der Waals surface area contributed by atoms with E-state index in [1.807, 2.05) is 6.92 Å². The lowest BCUT2D eigenvalue weighted by Gasteiger charge is -2.19. The molecule has 0 saturated carbocycles. The summed E-state index contributed by atoms with van der Waals surface area (Å²) in [4.78, 5) is 0. The summed E-state index contributed by atoms with van der Waals surface area (Å²) in [5.41, 5.74) is -0.439. The molecule has 0 heterocycles. The lowest BCUT2D eigenvalue weighted by Crippen LogP contribution is -2.28. The molecule has 20 heavy (non-hydrogen) atoms. The summed E-state index contributed by atoms with van der Waals surface area (Å²) in [7, 11) is -3.29. The average Bonchev–Trinajstić information content (AvgIpc) is 2.32. The SMILES string of the molecule is CCCNC(CS(C)(=O)=O)c1cccc(C(F)(F)F)c1. The van der Waals surface area contributed by atoms with E-state index in [1.54, 1.807) is 0 Å². The van der Waals surface area contributed by atoms with Crippen molar-refractivity contribution in [3.8, 4) is 0 Å². The van der Waals surface area contributed by atoms with Gasteiger partial charge in [0.1, 0.15) is 9.84 Å². The van der Waals surface area contributed by atoms with Crippen LogP contribution < -0.4 is 5.32 Å². The molecule has 0 saturated heterocycles. The van der Waals surface area contributed by atoms with Crippen LogP contribution in [0, 0.1) is 0 Å². The summed E-state index contributed by atoms with van der Waals surface area (Å²) >= 11 is 0. The highest BCUT2D eigenvalue weighted by Crippen LogP contribution is 2.31. The molecule has 1 aromatic carbocycles. The average molecular weight is 309 g/mol. The molecular formula is C13H18F3NO2S. The van der Waals surface area contributed by atoms with E-state index in [0.29, 0.717) is 12.1 Å². The molecule has 1 unspecified atom stereocenters. The van der Waals surface area contributed by atoms with Crippen molar-refractivity contribution < 1.29 is 21.6 Å². The number of benzene rings is 1. The highest BCUT2D eigenvalue weighted by atomic mass is 32.2. The molecule has 0 amide bonds. The van der Waals surface area contributed by atoms with Crippen LogP contribution in [0.4, 0.5) is 13.2 Å². The number of rotatable bonds is 6. The maximum Gasteiger partial charge on any atom is 0.416 e. The van der Waals surface area contributed by atoms with Gasteiger partial charge >= 0.3 is 6.18 Å². The van der Waals surface area contributed by atoms with Crippen LogP contribution in [0.2, 0.25) is 0 Å². The monoisotopic (exact) mass is 309 g/mol. The third kappa shape index (κ3) is 5.50. The molecular weight excluding hydrogens is 291 g/mol. The Morgan fingerprint density at radius 2 is 1.95 bits per heavy atom. The molecule has 1 rings (SSSR count). The summed E-state index contributed by atoms with van der Waals surface area (Å²) in [6.45, 7) is 2.44. The Morgan fingerprint density at radius 3 is 2.45 bits per heavy atom. The van der Waals surface area contributed by atoms with Crippen LogP contribution in [0.15, 0.2) is 24.3 Å². The summed E-state index contributed by atoms with van der Waals surface area (Å²) in [5, 5.41) is 2.97. The zero-order valence-corrected chi connectivity index (χ0v) is 12.2. The Hall–Kier alpha value is -1.08. The maximum absolute atomic E-state index is 12.7. The number of hydrogen-bond donors (Lipinski definition) is 1. The Kier molecular flexibility index (Phi) is 5.59. The van der Waals surface area contributed by atoms with Gasteiger partial charge in [0, 0.05) is 12.3 Å². The fourth-order valence-corrected chi connectivity index (χ4v) is 2.74. The van der Waals surface area contributed by atoms with Crippen molar-refractivity contribution in [2.75, 3.05) is 18.6 Å². The molecule has 1 N–H and O–H groups in total. The first-order chi connectivity index (χ1) is 9.13. The molecule has 0 radical (unpaired) electrons. The van der Waals surface area contributed by atoms with E-state index >= 15 is 0 Å². The number of hydrogen-bond acceptors (Lipinski definition) is 3. The lowest BCUT2D eigenvalue weighted by molar-refractivity contribution is -0.137. The van der Waals surface area contributed by atoms with Crippen LogP contribution in [-0.4, -0.2) is 27.0 Å². The summed E-state index contributed by atoms with van der Waals surface area (Å²) in [6.07, 6.45) is -2.60. The van der Waals surface area contributed by atoms with Gasteiger partial charge in [-0.25, -0.2) is 8.42 Å². The van der Waals surface area contributed by atoms with Crippen LogP contribution in [0.5, 0.6) is 0 Å². The van der Waals surface area contributed by atoms with E-state index < -0.39 is 27.6 Å². The molecule has 0 spiro atoms. The fourth-order valence-electron chi connectivity index (χ4n) is 1.83. The molecule has 1 atom stereocenters. The largest absolute Gasteiger partial charge is 0.416 e. The molecule has 0 aliphatic rings. The Labute approximate surface area is 117 Å². The van der Waals surface area contributed by atoms with Gasteiger partial charge in [-0.2, -0.15) is 13.2 Å². The molecule has 3 nitrogen and oxygen atoms in total. The summed E-state index contributed by atoms with van der Waals surface area (Å²) < 4.78 is 60.8. The summed E-state index contributed by atoms with van der Waals surface area (Å²) in [5.74, 6) is -0.228. The number of alkyl halides is 3. The van der Waals surface area contributed by atoms with Gasteiger partial charge in [0.25, 0.3) is 0 Å². The van der Waals surface area contributed by atoms with E-state index in [4.69, 9.17) is 0 Å². The predicted molar refractivity (Wildman–Crippen MR) is 72.2 cm³/mol. The van der Waals surface area contributed by atoms with E-state index in [1.165, 1.54) is 12.1 Å². The number of halogens is 3. The molecule has 0 aromatic heterocycles.